The van der Waals surface area contributed by atoms with Crippen molar-refractivity contribution in [2.45, 2.75) is 32.2 Å². The molecule has 112 valence electrons. The third-order valence-corrected chi connectivity index (χ3v) is 4.78. The quantitative estimate of drug-likeness (QED) is 0.655. The van der Waals surface area contributed by atoms with Gasteiger partial charge in [-0.3, -0.25) is 0 Å². The van der Waals surface area contributed by atoms with Crippen molar-refractivity contribution < 1.29 is 0 Å². The zero-order chi connectivity index (χ0) is 15.1. The Morgan fingerprint density at radius 2 is 1.90 bits per heavy atom. The van der Waals surface area contributed by atoms with Crippen LogP contribution in [0.15, 0.2) is 53.0 Å². The Labute approximate surface area is 140 Å². The lowest BCUT2D eigenvalue weighted by Gasteiger charge is -2.19. The highest BCUT2D eigenvalue weighted by molar-refractivity contribution is 9.10. The summed E-state index contributed by atoms with van der Waals surface area (Å²) < 4.78 is 0.949. The van der Waals surface area contributed by atoms with Gasteiger partial charge in [-0.2, -0.15) is 0 Å². The van der Waals surface area contributed by atoms with E-state index in [0.717, 1.165) is 35.3 Å². The summed E-state index contributed by atoms with van der Waals surface area (Å²) in [7, 11) is 0. The van der Waals surface area contributed by atoms with E-state index in [-0.39, 0.29) is 0 Å². The molecule has 0 bridgehead atoms. The van der Waals surface area contributed by atoms with Gasteiger partial charge in [-0.1, -0.05) is 54.9 Å². The van der Waals surface area contributed by atoms with E-state index in [1.165, 1.54) is 11.1 Å². The Morgan fingerprint density at radius 1 is 1.14 bits per heavy atom. The standard InChI is InChI=1S/C18H21BrClN/c1-2-12-21-18(11-8-14-6-4-3-5-7-14)15-9-10-16(19)17(20)13-15/h3-7,9-10,13,18,21H,2,8,11-12H2,1H3. The summed E-state index contributed by atoms with van der Waals surface area (Å²) in [5, 5.41) is 4.40. The minimum absolute atomic E-state index is 0.343. The lowest BCUT2D eigenvalue weighted by atomic mass is 9.99. The molecule has 1 N–H and O–H groups in total. The molecule has 0 saturated carbocycles. The minimum atomic E-state index is 0.343. The molecule has 0 heterocycles. The minimum Gasteiger partial charge on any atom is -0.310 e. The number of hydrogen-bond donors (Lipinski definition) is 1. The predicted molar refractivity (Wildman–Crippen MR) is 94.9 cm³/mol. The second-order valence-corrected chi connectivity index (χ2v) is 6.47. The molecule has 1 unspecified atom stereocenters. The van der Waals surface area contributed by atoms with Crippen LogP contribution >= 0.6 is 27.5 Å². The van der Waals surface area contributed by atoms with Crippen molar-refractivity contribution in [1.29, 1.82) is 0 Å². The van der Waals surface area contributed by atoms with E-state index in [1.54, 1.807) is 0 Å². The van der Waals surface area contributed by atoms with E-state index in [2.05, 4.69) is 70.6 Å². The van der Waals surface area contributed by atoms with E-state index in [1.807, 2.05) is 6.07 Å². The average Bonchev–Trinajstić information content (AvgIpc) is 2.51. The van der Waals surface area contributed by atoms with Crippen LogP contribution in [0.25, 0.3) is 0 Å². The molecule has 0 fully saturated rings. The molecule has 0 aliphatic heterocycles. The number of nitrogens with one attached hydrogen (secondary N) is 1. The zero-order valence-corrected chi connectivity index (χ0v) is 14.6. The summed E-state index contributed by atoms with van der Waals surface area (Å²) in [5.41, 5.74) is 2.64. The first-order valence-electron chi connectivity index (χ1n) is 7.43. The van der Waals surface area contributed by atoms with Crippen LogP contribution in [0.3, 0.4) is 0 Å². The van der Waals surface area contributed by atoms with E-state index in [0.29, 0.717) is 6.04 Å². The van der Waals surface area contributed by atoms with Gasteiger partial charge in [-0.15, -0.1) is 0 Å². The van der Waals surface area contributed by atoms with Crippen LogP contribution in [0, 0.1) is 0 Å². The van der Waals surface area contributed by atoms with Gasteiger partial charge in [-0.25, -0.2) is 0 Å². The van der Waals surface area contributed by atoms with Crippen molar-refractivity contribution in [3.63, 3.8) is 0 Å². The van der Waals surface area contributed by atoms with E-state index >= 15 is 0 Å². The molecule has 21 heavy (non-hydrogen) atoms. The van der Waals surface area contributed by atoms with E-state index in [4.69, 9.17) is 11.6 Å². The maximum atomic E-state index is 6.23. The third kappa shape index (κ3) is 5.14. The van der Waals surface area contributed by atoms with Crippen molar-refractivity contribution in [3.05, 3.63) is 69.2 Å². The molecule has 2 aromatic rings. The van der Waals surface area contributed by atoms with Gasteiger partial charge >= 0.3 is 0 Å². The number of halogens is 2. The highest BCUT2D eigenvalue weighted by atomic mass is 79.9. The topological polar surface area (TPSA) is 12.0 Å². The number of rotatable bonds is 7. The van der Waals surface area contributed by atoms with Crippen LogP contribution in [-0.2, 0) is 6.42 Å². The smallest absolute Gasteiger partial charge is 0.0551 e. The van der Waals surface area contributed by atoms with Crippen LogP contribution in [0.5, 0.6) is 0 Å². The van der Waals surface area contributed by atoms with Crippen molar-refractivity contribution in [2.24, 2.45) is 0 Å². The predicted octanol–water partition coefficient (Wildman–Crippen LogP) is 5.78. The Bertz CT molecular complexity index is 556. The van der Waals surface area contributed by atoms with Gasteiger partial charge in [-0.05, 0) is 65.0 Å². The molecule has 2 rings (SSSR count). The van der Waals surface area contributed by atoms with Gasteiger partial charge in [0.1, 0.15) is 0 Å². The van der Waals surface area contributed by atoms with Crippen LogP contribution < -0.4 is 5.32 Å². The first-order valence-corrected chi connectivity index (χ1v) is 8.60. The monoisotopic (exact) mass is 365 g/mol. The lowest BCUT2D eigenvalue weighted by Crippen LogP contribution is -2.22. The lowest BCUT2D eigenvalue weighted by molar-refractivity contribution is 0.499. The second-order valence-electron chi connectivity index (χ2n) is 5.20. The largest absolute Gasteiger partial charge is 0.310 e. The van der Waals surface area contributed by atoms with Crippen molar-refractivity contribution >= 4 is 27.5 Å². The molecular weight excluding hydrogens is 346 g/mol. The second kappa shape index (κ2) is 8.57. The van der Waals surface area contributed by atoms with Gasteiger partial charge in [0.05, 0.1) is 5.02 Å². The normalized spacial score (nSPS) is 12.3. The molecule has 1 atom stereocenters. The summed E-state index contributed by atoms with van der Waals surface area (Å²) in [6, 6.07) is 17.2. The molecule has 0 spiro atoms. The first kappa shape index (κ1) is 16.5. The number of aryl methyl sites for hydroxylation is 1. The summed E-state index contributed by atoms with van der Waals surface area (Å²) in [6.07, 6.45) is 3.27. The third-order valence-electron chi connectivity index (χ3n) is 3.55. The Kier molecular flexibility index (Phi) is 6.75. The molecule has 1 nitrogen and oxygen atoms in total. The number of benzene rings is 2. The highest BCUT2D eigenvalue weighted by Gasteiger charge is 2.12. The van der Waals surface area contributed by atoms with Crippen LogP contribution in [0.1, 0.15) is 36.9 Å². The summed E-state index contributed by atoms with van der Waals surface area (Å²) in [4.78, 5) is 0. The number of hydrogen-bond acceptors (Lipinski definition) is 1. The van der Waals surface area contributed by atoms with E-state index in [9.17, 15) is 0 Å². The molecule has 0 aromatic heterocycles. The van der Waals surface area contributed by atoms with Gasteiger partial charge in [0.25, 0.3) is 0 Å². The highest BCUT2D eigenvalue weighted by Crippen LogP contribution is 2.28. The van der Waals surface area contributed by atoms with Gasteiger partial charge in [0.15, 0.2) is 0 Å². The molecule has 0 amide bonds. The summed E-state index contributed by atoms with van der Waals surface area (Å²) >= 11 is 9.69. The fraction of sp³-hybridized carbons (Fsp3) is 0.333. The molecule has 0 radical (unpaired) electrons. The summed E-state index contributed by atoms with van der Waals surface area (Å²) in [5.74, 6) is 0. The fourth-order valence-electron chi connectivity index (χ4n) is 2.39. The first-order chi connectivity index (χ1) is 10.2. The molecule has 2 aromatic carbocycles. The molecule has 0 aliphatic carbocycles. The molecule has 0 aliphatic rings. The molecular formula is C18H21BrClN. The maximum absolute atomic E-state index is 6.23. The Balaban J connectivity index is 2.08. The van der Waals surface area contributed by atoms with Crippen LogP contribution in [0.4, 0.5) is 0 Å². The Morgan fingerprint density at radius 3 is 2.57 bits per heavy atom. The van der Waals surface area contributed by atoms with Gasteiger partial charge in [0.2, 0.25) is 0 Å². The SMILES string of the molecule is CCCNC(CCc1ccccc1)c1ccc(Br)c(Cl)c1. The molecule has 3 heteroatoms. The Hall–Kier alpha value is -0.830. The van der Waals surface area contributed by atoms with Crippen molar-refractivity contribution in [3.8, 4) is 0 Å². The maximum Gasteiger partial charge on any atom is 0.0551 e. The van der Waals surface area contributed by atoms with Crippen molar-refractivity contribution in [1.82, 2.24) is 5.32 Å². The van der Waals surface area contributed by atoms with Crippen LogP contribution in [-0.4, -0.2) is 6.54 Å². The molecule has 0 saturated heterocycles. The average molecular weight is 367 g/mol. The van der Waals surface area contributed by atoms with Crippen molar-refractivity contribution in [2.75, 3.05) is 6.54 Å². The zero-order valence-electron chi connectivity index (χ0n) is 12.3. The van der Waals surface area contributed by atoms with Gasteiger partial charge in [0, 0.05) is 10.5 Å². The summed E-state index contributed by atoms with van der Waals surface area (Å²) in [6.45, 7) is 3.21. The van der Waals surface area contributed by atoms with Crippen LogP contribution in [0.2, 0.25) is 5.02 Å². The van der Waals surface area contributed by atoms with E-state index < -0.39 is 0 Å². The fourth-order valence-corrected chi connectivity index (χ4v) is 2.83. The van der Waals surface area contributed by atoms with Gasteiger partial charge < -0.3 is 5.32 Å².